The summed E-state index contributed by atoms with van der Waals surface area (Å²) in [5.41, 5.74) is 2.12. The zero-order chi connectivity index (χ0) is 25.8. The van der Waals surface area contributed by atoms with Crippen LogP contribution < -0.4 is 8.85 Å². The average molecular weight is 503 g/mol. The van der Waals surface area contributed by atoms with Crippen molar-refractivity contribution in [2.24, 2.45) is 0 Å². The van der Waals surface area contributed by atoms with E-state index < -0.39 is 22.7 Å². The van der Waals surface area contributed by atoms with Gasteiger partial charge >= 0.3 is 0 Å². The molecule has 0 aromatic heterocycles. The predicted octanol–water partition coefficient (Wildman–Crippen LogP) is 7.57. The first-order valence-corrected chi connectivity index (χ1v) is 18.1. The van der Waals surface area contributed by atoms with E-state index in [2.05, 4.69) is 73.8 Å². The first-order valence-electron chi connectivity index (χ1n) is 12.3. The van der Waals surface area contributed by atoms with Crippen molar-refractivity contribution >= 4 is 16.6 Å². The summed E-state index contributed by atoms with van der Waals surface area (Å²) in [6, 6.07) is 16.1. The maximum Gasteiger partial charge on any atom is 0.250 e. The fraction of sp³-hybridized carbons (Fsp3) is 0.571. The largest absolute Gasteiger partial charge is 0.541 e. The van der Waals surface area contributed by atoms with E-state index in [4.69, 9.17) is 13.6 Å². The van der Waals surface area contributed by atoms with Crippen LogP contribution in [0.1, 0.15) is 52.7 Å². The Bertz CT molecular complexity index is 912. The van der Waals surface area contributed by atoms with Gasteiger partial charge in [-0.05, 0) is 59.5 Å². The highest BCUT2D eigenvalue weighted by atomic mass is 28.4. The molecule has 0 aliphatic carbocycles. The molecule has 0 amide bonds. The minimum absolute atomic E-state index is 0.0715. The molecule has 0 aliphatic heterocycles. The Morgan fingerprint density at radius 1 is 0.735 bits per heavy atom. The smallest absolute Gasteiger partial charge is 0.250 e. The number of hydrogen-bond donors (Lipinski definition) is 1. The number of aliphatic hydroxyl groups excluding tert-OH is 1. The molecule has 0 spiro atoms. The van der Waals surface area contributed by atoms with Crippen molar-refractivity contribution < 1.29 is 18.7 Å². The number of hydrogen-bond acceptors (Lipinski definition) is 4. The Morgan fingerprint density at radius 2 is 1.26 bits per heavy atom. The van der Waals surface area contributed by atoms with Gasteiger partial charge in [-0.2, -0.15) is 0 Å². The third-order valence-electron chi connectivity index (χ3n) is 7.24. The zero-order valence-corrected chi connectivity index (χ0v) is 25.0. The zero-order valence-electron chi connectivity index (χ0n) is 23.0. The Balaban J connectivity index is 2.20. The van der Waals surface area contributed by atoms with Crippen molar-refractivity contribution in [1.82, 2.24) is 0 Å². The molecule has 4 nitrogen and oxygen atoms in total. The van der Waals surface area contributed by atoms with Gasteiger partial charge in [0.05, 0.1) is 19.3 Å². The Labute approximate surface area is 209 Å². The van der Waals surface area contributed by atoms with E-state index in [9.17, 15) is 5.11 Å². The van der Waals surface area contributed by atoms with Gasteiger partial charge in [-0.15, -0.1) is 0 Å². The summed E-state index contributed by atoms with van der Waals surface area (Å²) in [6.07, 6.45) is -0.0835. The Hall–Kier alpha value is -1.61. The minimum Gasteiger partial charge on any atom is -0.541 e. The third-order valence-corrected chi connectivity index (χ3v) is 15.9. The van der Waals surface area contributed by atoms with Crippen LogP contribution in [0.4, 0.5) is 0 Å². The molecule has 0 saturated carbocycles. The highest BCUT2D eigenvalue weighted by Gasteiger charge is 2.42. The van der Waals surface area contributed by atoms with Gasteiger partial charge in [0.15, 0.2) is 0 Å². The first-order chi connectivity index (χ1) is 15.5. The number of aliphatic hydroxyl groups is 1. The minimum atomic E-state index is -2.07. The van der Waals surface area contributed by atoms with Crippen LogP contribution in [-0.4, -0.2) is 34.5 Å². The molecule has 0 unspecified atom stereocenters. The topological polar surface area (TPSA) is 47.9 Å². The van der Waals surface area contributed by atoms with E-state index in [1.807, 2.05) is 42.5 Å². The van der Waals surface area contributed by atoms with Crippen molar-refractivity contribution in [2.45, 2.75) is 96.9 Å². The van der Waals surface area contributed by atoms with Gasteiger partial charge in [0.25, 0.3) is 16.6 Å². The maximum absolute atomic E-state index is 10.6. The van der Waals surface area contributed by atoms with Crippen LogP contribution in [0.2, 0.25) is 36.3 Å². The summed E-state index contributed by atoms with van der Waals surface area (Å²) in [4.78, 5) is 0. The second kappa shape index (κ2) is 11.0. The van der Waals surface area contributed by atoms with Crippen molar-refractivity contribution in [3.8, 4) is 11.5 Å². The second-order valence-corrected chi connectivity index (χ2v) is 21.8. The molecule has 34 heavy (non-hydrogen) atoms. The SMILES string of the molecule is CC(C)(C)[Si](C)(C)Oc1ccc(C[C@H](O)COCc2ccccc2)cc1O[Si](C)(C)C(C)(C)C. The average Bonchev–Trinajstić information content (AvgIpc) is 2.68. The molecule has 2 aromatic rings. The molecule has 0 bridgehead atoms. The molecule has 6 heteroatoms. The lowest BCUT2D eigenvalue weighted by molar-refractivity contribution is 0.0288. The van der Waals surface area contributed by atoms with Crippen LogP contribution in [-0.2, 0) is 17.8 Å². The Morgan fingerprint density at radius 3 is 1.79 bits per heavy atom. The standard InChI is InChI=1S/C28H46O4Si2/c1-27(2,3)33(7,8)31-25-17-16-23(19-26(25)32-34(9,10)28(4,5)6)18-24(29)21-30-20-22-14-12-11-13-15-22/h11-17,19,24,29H,18,20-21H2,1-10H3/t24-/m0/s1. The summed E-state index contributed by atoms with van der Waals surface area (Å²) in [6.45, 7) is 23.3. The van der Waals surface area contributed by atoms with Gasteiger partial charge in [0.2, 0.25) is 0 Å². The molecule has 0 radical (unpaired) electrons. The van der Waals surface area contributed by atoms with E-state index in [1.54, 1.807) is 0 Å². The molecular weight excluding hydrogens is 456 g/mol. The lowest BCUT2D eigenvalue weighted by atomic mass is 10.1. The third kappa shape index (κ3) is 7.97. The highest BCUT2D eigenvalue weighted by molar-refractivity contribution is 6.75. The van der Waals surface area contributed by atoms with Gasteiger partial charge in [-0.25, -0.2) is 0 Å². The van der Waals surface area contributed by atoms with Crippen molar-refractivity contribution in [1.29, 1.82) is 0 Å². The van der Waals surface area contributed by atoms with E-state index in [-0.39, 0.29) is 16.7 Å². The van der Waals surface area contributed by atoms with Gasteiger partial charge in [0, 0.05) is 6.42 Å². The molecule has 1 atom stereocenters. The molecule has 1 N–H and O–H groups in total. The number of rotatable bonds is 10. The molecule has 190 valence electrons. The second-order valence-electron chi connectivity index (χ2n) is 12.4. The maximum atomic E-state index is 10.6. The van der Waals surface area contributed by atoms with Gasteiger partial charge in [-0.1, -0.05) is 77.9 Å². The fourth-order valence-corrected chi connectivity index (χ4v) is 4.96. The molecule has 0 fully saturated rings. The first kappa shape index (κ1) is 28.6. The van der Waals surface area contributed by atoms with Crippen LogP contribution in [0.3, 0.4) is 0 Å². The van der Waals surface area contributed by atoms with Crippen molar-refractivity contribution in [3.63, 3.8) is 0 Å². The normalized spacial score (nSPS) is 14.1. The molecule has 2 rings (SSSR count). The fourth-order valence-electron chi connectivity index (χ4n) is 2.92. The van der Waals surface area contributed by atoms with Gasteiger partial charge in [0.1, 0.15) is 11.5 Å². The van der Waals surface area contributed by atoms with Gasteiger partial charge < -0.3 is 18.7 Å². The van der Waals surface area contributed by atoms with E-state index in [1.165, 1.54) is 0 Å². The van der Waals surface area contributed by atoms with Crippen LogP contribution >= 0.6 is 0 Å². The van der Waals surface area contributed by atoms with E-state index in [0.29, 0.717) is 13.0 Å². The highest BCUT2D eigenvalue weighted by Crippen LogP contribution is 2.43. The summed E-state index contributed by atoms with van der Waals surface area (Å²) in [7, 11) is -4.10. The molecule has 0 saturated heterocycles. The molecule has 0 heterocycles. The molecule has 0 aliphatic rings. The van der Waals surface area contributed by atoms with Crippen molar-refractivity contribution in [2.75, 3.05) is 6.61 Å². The van der Waals surface area contributed by atoms with Crippen LogP contribution in [0.5, 0.6) is 11.5 Å². The van der Waals surface area contributed by atoms with Crippen molar-refractivity contribution in [3.05, 3.63) is 59.7 Å². The van der Waals surface area contributed by atoms with Crippen LogP contribution in [0.15, 0.2) is 48.5 Å². The van der Waals surface area contributed by atoms with Gasteiger partial charge in [-0.3, -0.25) is 0 Å². The number of ether oxygens (including phenoxy) is 1. The van der Waals surface area contributed by atoms with E-state index in [0.717, 1.165) is 22.6 Å². The lowest BCUT2D eigenvalue weighted by Gasteiger charge is -2.39. The summed E-state index contributed by atoms with van der Waals surface area (Å²) in [5, 5.41) is 10.8. The van der Waals surface area contributed by atoms with E-state index >= 15 is 0 Å². The Kier molecular flexibility index (Phi) is 9.25. The summed E-state index contributed by atoms with van der Waals surface area (Å²) < 4.78 is 19.2. The summed E-state index contributed by atoms with van der Waals surface area (Å²) in [5.74, 6) is 1.61. The monoisotopic (exact) mass is 502 g/mol. The molecule has 2 aromatic carbocycles. The predicted molar refractivity (Wildman–Crippen MR) is 148 cm³/mol. The summed E-state index contributed by atoms with van der Waals surface area (Å²) >= 11 is 0. The molecular formula is C28H46O4Si2. The quantitative estimate of drug-likeness (QED) is 0.340. The van der Waals surface area contributed by atoms with Crippen LogP contribution in [0.25, 0.3) is 0 Å². The number of benzene rings is 2. The lowest BCUT2D eigenvalue weighted by Crippen LogP contribution is -2.45. The van der Waals surface area contributed by atoms with Crippen LogP contribution in [0, 0.1) is 0 Å².